The molecule has 1 aromatic carbocycles. The Morgan fingerprint density at radius 2 is 2.05 bits per heavy atom. The number of hydrogen-bond donors (Lipinski definition) is 1. The standard InChI is InChI=1S/C16H19NO4/c1-2-3-11-4-5-12-13(18)10-14(21-16(12)15(11)19)17-6-8-20-9-7-17/h4-5,10,19H,2-3,6-9H2,1H3. The van der Waals surface area contributed by atoms with Gasteiger partial charge in [-0.3, -0.25) is 4.79 Å². The van der Waals surface area contributed by atoms with Gasteiger partial charge >= 0.3 is 0 Å². The van der Waals surface area contributed by atoms with E-state index in [1.165, 1.54) is 6.07 Å². The number of anilines is 1. The lowest BCUT2D eigenvalue weighted by Gasteiger charge is -2.27. The normalized spacial score (nSPS) is 15.6. The van der Waals surface area contributed by atoms with E-state index in [0.717, 1.165) is 18.4 Å². The van der Waals surface area contributed by atoms with Crippen molar-refractivity contribution in [2.75, 3.05) is 31.2 Å². The van der Waals surface area contributed by atoms with E-state index in [1.807, 2.05) is 11.8 Å². The predicted octanol–water partition coefficient (Wildman–Crippen LogP) is 2.29. The highest BCUT2D eigenvalue weighted by molar-refractivity contribution is 5.84. The van der Waals surface area contributed by atoms with Crippen LogP contribution in [-0.2, 0) is 11.2 Å². The van der Waals surface area contributed by atoms with Gasteiger partial charge in [-0.05, 0) is 18.1 Å². The first-order chi connectivity index (χ1) is 10.2. The molecule has 0 radical (unpaired) electrons. The number of benzene rings is 1. The molecule has 0 bridgehead atoms. The monoisotopic (exact) mass is 289 g/mol. The van der Waals surface area contributed by atoms with Crippen LogP contribution in [0.1, 0.15) is 18.9 Å². The molecule has 5 heteroatoms. The fourth-order valence-electron chi connectivity index (χ4n) is 2.64. The number of phenolic OH excluding ortho intramolecular Hbond substituents is 1. The molecule has 0 aliphatic carbocycles. The first kappa shape index (κ1) is 13.9. The summed E-state index contributed by atoms with van der Waals surface area (Å²) in [6, 6.07) is 5.02. The first-order valence-corrected chi connectivity index (χ1v) is 7.32. The average Bonchev–Trinajstić information content (AvgIpc) is 2.51. The topological polar surface area (TPSA) is 62.9 Å². The number of ether oxygens (including phenoxy) is 1. The highest BCUT2D eigenvalue weighted by Gasteiger charge is 2.17. The molecule has 1 N–H and O–H groups in total. The summed E-state index contributed by atoms with van der Waals surface area (Å²) < 4.78 is 11.1. The molecule has 1 aliphatic heterocycles. The van der Waals surface area contributed by atoms with Crippen molar-refractivity contribution in [2.45, 2.75) is 19.8 Å². The van der Waals surface area contributed by atoms with Crippen LogP contribution in [0.15, 0.2) is 27.4 Å². The van der Waals surface area contributed by atoms with E-state index in [2.05, 4.69) is 0 Å². The van der Waals surface area contributed by atoms with Crippen LogP contribution in [0, 0.1) is 0 Å². The Labute approximate surface area is 122 Å². The van der Waals surface area contributed by atoms with Crippen molar-refractivity contribution in [1.29, 1.82) is 0 Å². The molecule has 0 amide bonds. The summed E-state index contributed by atoms with van der Waals surface area (Å²) in [6.07, 6.45) is 1.68. The van der Waals surface area contributed by atoms with Crippen LogP contribution >= 0.6 is 0 Å². The van der Waals surface area contributed by atoms with Crippen LogP contribution in [-0.4, -0.2) is 31.4 Å². The lowest BCUT2D eigenvalue weighted by atomic mass is 10.1. The quantitative estimate of drug-likeness (QED) is 0.939. The SMILES string of the molecule is CCCc1ccc2c(=O)cc(N3CCOCC3)oc2c1O. The van der Waals surface area contributed by atoms with Gasteiger partial charge in [-0.15, -0.1) is 0 Å². The number of nitrogens with zero attached hydrogens (tertiary/aromatic N) is 1. The second-order valence-electron chi connectivity index (χ2n) is 5.25. The number of aromatic hydroxyl groups is 1. The summed E-state index contributed by atoms with van der Waals surface area (Å²) in [5, 5.41) is 10.8. The summed E-state index contributed by atoms with van der Waals surface area (Å²) >= 11 is 0. The van der Waals surface area contributed by atoms with E-state index in [-0.39, 0.29) is 16.8 Å². The smallest absolute Gasteiger partial charge is 0.200 e. The summed E-state index contributed by atoms with van der Waals surface area (Å²) in [4.78, 5) is 14.2. The van der Waals surface area contributed by atoms with E-state index in [0.29, 0.717) is 37.6 Å². The summed E-state index contributed by atoms with van der Waals surface area (Å²) in [5.41, 5.74) is 0.971. The number of phenols is 1. The Balaban J connectivity index is 2.11. The fourth-order valence-corrected chi connectivity index (χ4v) is 2.64. The van der Waals surface area contributed by atoms with Gasteiger partial charge in [-0.1, -0.05) is 19.4 Å². The summed E-state index contributed by atoms with van der Waals surface area (Å²) in [7, 11) is 0. The van der Waals surface area contributed by atoms with Crippen molar-refractivity contribution in [3.63, 3.8) is 0 Å². The molecule has 1 saturated heterocycles. The third kappa shape index (κ3) is 2.61. The van der Waals surface area contributed by atoms with Crippen LogP contribution in [0.5, 0.6) is 5.75 Å². The van der Waals surface area contributed by atoms with Gasteiger partial charge in [0.1, 0.15) is 0 Å². The fraction of sp³-hybridized carbons (Fsp3) is 0.438. The summed E-state index contributed by atoms with van der Waals surface area (Å²) in [6.45, 7) is 4.64. The Hall–Kier alpha value is -2.01. The van der Waals surface area contributed by atoms with E-state index in [4.69, 9.17) is 9.15 Å². The minimum Gasteiger partial charge on any atom is -0.504 e. The van der Waals surface area contributed by atoms with Gasteiger partial charge in [-0.25, -0.2) is 0 Å². The molecule has 0 saturated carbocycles. The van der Waals surface area contributed by atoms with Gasteiger partial charge in [0.2, 0.25) is 0 Å². The minimum absolute atomic E-state index is 0.0848. The molecule has 1 aliphatic rings. The zero-order valence-corrected chi connectivity index (χ0v) is 12.1. The first-order valence-electron chi connectivity index (χ1n) is 7.32. The summed E-state index contributed by atoms with van der Waals surface area (Å²) in [5.74, 6) is 0.585. The molecule has 3 rings (SSSR count). The maximum Gasteiger partial charge on any atom is 0.200 e. The van der Waals surface area contributed by atoms with E-state index >= 15 is 0 Å². The molecule has 5 nitrogen and oxygen atoms in total. The molecule has 0 unspecified atom stereocenters. The molecule has 1 fully saturated rings. The van der Waals surface area contributed by atoms with Crippen molar-refractivity contribution < 1.29 is 14.3 Å². The molecule has 0 atom stereocenters. The van der Waals surface area contributed by atoms with Crippen molar-refractivity contribution in [1.82, 2.24) is 0 Å². The van der Waals surface area contributed by atoms with Crippen LogP contribution in [0.2, 0.25) is 0 Å². The Kier molecular flexibility index (Phi) is 3.84. The van der Waals surface area contributed by atoms with Gasteiger partial charge < -0.3 is 19.2 Å². The van der Waals surface area contributed by atoms with Crippen molar-refractivity contribution in [2.24, 2.45) is 0 Å². The lowest BCUT2D eigenvalue weighted by molar-refractivity contribution is 0.121. The molecule has 21 heavy (non-hydrogen) atoms. The molecule has 2 aromatic rings. The van der Waals surface area contributed by atoms with Gasteiger partial charge in [-0.2, -0.15) is 0 Å². The van der Waals surface area contributed by atoms with Crippen LogP contribution in [0.25, 0.3) is 11.0 Å². The zero-order valence-electron chi connectivity index (χ0n) is 12.1. The van der Waals surface area contributed by atoms with Gasteiger partial charge in [0.15, 0.2) is 22.6 Å². The highest BCUT2D eigenvalue weighted by atomic mass is 16.5. The number of rotatable bonds is 3. The molecule has 0 spiro atoms. The van der Waals surface area contributed by atoms with Crippen LogP contribution in [0.4, 0.5) is 5.88 Å². The second kappa shape index (κ2) is 5.77. The van der Waals surface area contributed by atoms with Crippen molar-refractivity contribution in [3.05, 3.63) is 34.0 Å². The van der Waals surface area contributed by atoms with Crippen LogP contribution < -0.4 is 10.3 Å². The van der Waals surface area contributed by atoms with E-state index in [1.54, 1.807) is 12.1 Å². The van der Waals surface area contributed by atoms with Crippen molar-refractivity contribution in [3.8, 4) is 5.75 Å². The Morgan fingerprint density at radius 3 is 2.76 bits per heavy atom. The number of fused-ring (bicyclic) bond motifs is 1. The van der Waals surface area contributed by atoms with Gasteiger partial charge in [0, 0.05) is 19.2 Å². The van der Waals surface area contributed by atoms with Gasteiger partial charge in [0.25, 0.3) is 0 Å². The number of morpholine rings is 1. The molecular formula is C16H19NO4. The maximum atomic E-state index is 12.2. The molecular weight excluding hydrogens is 270 g/mol. The largest absolute Gasteiger partial charge is 0.504 e. The predicted molar refractivity (Wildman–Crippen MR) is 81.2 cm³/mol. The second-order valence-corrected chi connectivity index (χ2v) is 5.25. The number of aryl methyl sites for hydroxylation is 1. The Morgan fingerprint density at radius 1 is 1.29 bits per heavy atom. The van der Waals surface area contributed by atoms with Crippen LogP contribution in [0.3, 0.4) is 0 Å². The highest BCUT2D eigenvalue weighted by Crippen LogP contribution is 2.30. The minimum atomic E-state index is -0.129. The van der Waals surface area contributed by atoms with E-state index < -0.39 is 0 Å². The zero-order chi connectivity index (χ0) is 14.8. The Bertz CT molecular complexity index is 701. The third-order valence-corrected chi connectivity index (χ3v) is 3.78. The lowest BCUT2D eigenvalue weighted by Crippen LogP contribution is -2.36. The molecule has 1 aromatic heterocycles. The average molecular weight is 289 g/mol. The number of hydrogen-bond acceptors (Lipinski definition) is 5. The molecule has 2 heterocycles. The van der Waals surface area contributed by atoms with Crippen molar-refractivity contribution >= 4 is 16.9 Å². The third-order valence-electron chi connectivity index (χ3n) is 3.78. The maximum absolute atomic E-state index is 12.2. The molecule has 112 valence electrons. The van der Waals surface area contributed by atoms with E-state index in [9.17, 15) is 9.90 Å². The van der Waals surface area contributed by atoms with Gasteiger partial charge in [0.05, 0.1) is 18.6 Å².